The highest BCUT2D eigenvalue weighted by Gasteiger charge is 2.30. The fourth-order valence-corrected chi connectivity index (χ4v) is 2.87. The quantitative estimate of drug-likeness (QED) is 0.801. The van der Waals surface area contributed by atoms with Crippen LogP contribution in [0.25, 0.3) is 11.1 Å². The minimum absolute atomic E-state index is 0.250. The number of aryl methyl sites for hydroxylation is 1. The van der Waals surface area contributed by atoms with E-state index >= 15 is 0 Å². The first-order valence-corrected chi connectivity index (χ1v) is 8.14. The van der Waals surface area contributed by atoms with Crippen molar-refractivity contribution in [2.24, 2.45) is 10.7 Å². The van der Waals surface area contributed by atoms with Crippen LogP contribution in [0.1, 0.15) is 18.1 Å². The highest BCUT2D eigenvalue weighted by atomic mass is 35.5. The van der Waals surface area contributed by atoms with Crippen LogP contribution in [0.4, 0.5) is 0 Å². The van der Waals surface area contributed by atoms with Gasteiger partial charge in [-0.25, -0.2) is 0 Å². The third-order valence-corrected chi connectivity index (χ3v) is 4.42. The summed E-state index contributed by atoms with van der Waals surface area (Å²) < 4.78 is 5.56. The summed E-state index contributed by atoms with van der Waals surface area (Å²) >= 11 is 6.24. The number of amidine groups is 1. The number of nitrogens with two attached hydrogens (primary N) is 1. The summed E-state index contributed by atoms with van der Waals surface area (Å²) in [5.41, 5.74) is 9.77. The zero-order chi connectivity index (χ0) is 18.4. The summed E-state index contributed by atoms with van der Waals surface area (Å²) in [6.45, 7) is 4.73. The fraction of sp³-hybridized carbons (Fsp3) is 0.263. The molecule has 5 nitrogen and oxygen atoms in total. The van der Waals surface area contributed by atoms with E-state index in [1.165, 1.54) is 0 Å². The Kier molecular flexibility index (Phi) is 6.17. The van der Waals surface area contributed by atoms with Crippen molar-refractivity contribution in [2.45, 2.75) is 19.4 Å². The van der Waals surface area contributed by atoms with E-state index in [0.29, 0.717) is 19.0 Å². The van der Waals surface area contributed by atoms with Gasteiger partial charge in [-0.05, 0) is 48.2 Å². The minimum atomic E-state index is -0.438. The highest BCUT2D eigenvalue weighted by Crippen LogP contribution is 2.32. The van der Waals surface area contributed by atoms with E-state index < -0.39 is 5.54 Å². The molecule has 2 aromatic carbocycles. The topological polar surface area (TPSA) is 84.9 Å². The van der Waals surface area contributed by atoms with Gasteiger partial charge in [0.1, 0.15) is 18.0 Å². The number of aliphatic imine (C=N–C) groups is 1. The maximum absolute atomic E-state index is 8.36. The molecule has 0 fully saturated rings. The molecule has 0 bridgehead atoms. The number of benzene rings is 2. The molecule has 1 aliphatic rings. The molecular weight excluding hydrogens is 340 g/mol. The summed E-state index contributed by atoms with van der Waals surface area (Å²) in [4.78, 5) is 13.0. The van der Waals surface area contributed by atoms with Gasteiger partial charge in [-0.1, -0.05) is 41.9 Å². The Morgan fingerprint density at radius 2 is 1.96 bits per heavy atom. The predicted molar refractivity (Wildman–Crippen MR) is 100 cm³/mol. The zero-order valence-electron chi connectivity index (χ0n) is 14.2. The van der Waals surface area contributed by atoms with E-state index in [1.54, 1.807) is 0 Å². The van der Waals surface area contributed by atoms with Crippen molar-refractivity contribution in [1.82, 2.24) is 0 Å². The first-order valence-electron chi connectivity index (χ1n) is 7.76. The second-order valence-electron chi connectivity index (χ2n) is 6.02. The van der Waals surface area contributed by atoms with Gasteiger partial charge in [-0.3, -0.25) is 9.79 Å². The highest BCUT2D eigenvalue weighted by molar-refractivity contribution is 6.31. The average molecular weight is 361 g/mol. The Bertz CT molecular complexity index is 792. The summed E-state index contributed by atoms with van der Waals surface area (Å²) in [6.07, 6.45) is 0. The number of ether oxygens (including phenoxy) is 1. The van der Waals surface area contributed by atoms with Crippen LogP contribution in [0, 0.1) is 6.92 Å². The number of hydrogen-bond donors (Lipinski definition) is 2. The molecule has 3 rings (SSSR count). The van der Waals surface area contributed by atoms with Gasteiger partial charge in [-0.15, -0.1) is 0 Å². The Morgan fingerprint density at radius 3 is 2.60 bits per heavy atom. The molecule has 25 heavy (non-hydrogen) atoms. The van der Waals surface area contributed by atoms with Crippen LogP contribution in [0.2, 0.25) is 5.02 Å². The molecule has 6 heteroatoms. The maximum Gasteiger partial charge on any atom is 0.290 e. The minimum Gasteiger partial charge on any atom is -0.483 e. The maximum atomic E-state index is 8.36. The Morgan fingerprint density at radius 1 is 1.28 bits per heavy atom. The van der Waals surface area contributed by atoms with Gasteiger partial charge >= 0.3 is 0 Å². The average Bonchev–Trinajstić information content (AvgIpc) is 2.58. The molecule has 1 atom stereocenters. The van der Waals surface area contributed by atoms with E-state index in [0.717, 1.165) is 27.3 Å². The van der Waals surface area contributed by atoms with Crippen LogP contribution in [0.15, 0.2) is 47.5 Å². The second kappa shape index (κ2) is 8.14. The zero-order valence-corrected chi connectivity index (χ0v) is 15.0. The van der Waals surface area contributed by atoms with E-state index in [9.17, 15) is 0 Å². The smallest absolute Gasteiger partial charge is 0.290 e. The molecule has 0 aromatic heterocycles. The van der Waals surface area contributed by atoms with E-state index in [1.807, 2.05) is 32.0 Å². The van der Waals surface area contributed by atoms with Gasteiger partial charge in [0.05, 0.1) is 6.61 Å². The van der Waals surface area contributed by atoms with Gasteiger partial charge in [0.15, 0.2) is 0 Å². The van der Waals surface area contributed by atoms with Gasteiger partial charge in [0.25, 0.3) is 6.47 Å². The summed E-state index contributed by atoms with van der Waals surface area (Å²) in [5.74, 6) is 0.539. The first kappa shape index (κ1) is 19.0. The Balaban J connectivity index is 0.000000701. The number of rotatable bonds is 2. The van der Waals surface area contributed by atoms with Crippen molar-refractivity contribution in [3.63, 3.8) is 0 Å². The molecule has 0 saturated heterocycles. The molecule has 1 aliphatic heterocycles. The molecule has 132 valence electrons. The lowest BCUT2D eigenvalue weighted by molar-refractivity contribution is -0.122. The first-order chi connectivity index (χ1) is 11.9. The van der Waals surface area contributed by atoms with Crippen LogP contribution < -0.4 is 5.73 Å². The van der Waals surface area contributed by atoms with Crippen LogP contribution in [-0.4, -0.2) is 30.6 Å². The van der Waals surface area contributed by atoms with Crippen molar-refractivity contribution in [3.8, 4) is 11.1 Å². The molecule has 1 unspecified atom stereocenters. The normalized spacial score (nSPS) is 19.4. The molecule has 0 aliphatic carbocycles. The Labute approximate surface area is 152 Å². The van der Waals surface area contributed by atoms with Crippen LogP contribution in [0.5, 0.6) is 0 Å². The lowest BCUT2D eigenvalue weighted by atomic mass is 9.90. The monoisotopic (exact) mass is 360 g/mol. The lowest BCUT2D eigenvalue weighted by Gasteiger charge is -2.30. The number of carbonyl (C=O) groups is 1. The van der Waals surface area contributed by atoms with Crippen molar-refractivity contribution in [1.29, 1.82) is 0 Å². The van der Waals surface area contributed by atoms with E-state index in [-0.39, 0.29) is 6.47 Å². The number of hydrogen-bond acceptors (Lipinski definition) is 4. The third kappa shape index (κ3) is 4.59. The summed E-state index contributed by atoms with van der Waals surface area (Å²) in [7, 11) is 0. The largest absolute Gasteiger partial charge is 0.483 e. The SMILES string of the molecule is Cc1ccc(-c2cccc(C3(C)COCC(N)=N3)c2)cc1Cl.O=CO. The van der Waals surface area contributed by atoms with Crippen LogP contribution >= 0.6 is 11.6 Å². The molecular formula is C19H21ClN2O3. The molecule has 0 amide bonds. The van der Waals surface area contributed by atoms with Crippen molar-refractivity contribution >= 4 is 23.9 Å². The fourth-order valence-electron chi connectivity index (χ4n) is 2.69. The molecule has 0 saturated carbocycles. The molecule has 0 spiro atoms. The second-order valence-corrected chi connectivity index (χ2v) is 6.43. The molecule has 2 aromatic rings. The Hall–Kier alpha value is -2.37. The van der Waals surface area contributed by atoms with E-state index in [4.69, 9.17) is 32.0 Å². The number of carboxylic acid groups (broad SMARTS) is 1. The van der Waals surface area contributed by atoms with Gasteiger partial charge in [-0.2, -0.15) is 0 Å². The number of halogens is 1. The van der Waals surface area contributed by atoms with Crippen molar-refractivity contribution in [2.75, 3.05) is 13.2 Å². The standard InChI is InChI=1S/C18H19ClN2O.CH2O2/c1-12-6-7-14(9-16(12)19)13-4-3-5-15(8-13)18(2)11-22-10-17(20)21-18;2-1-3/h3-9H,10-11H2,1-2H3,(H2,20,21);1H,(H,2,3). The third-order valence-electron chi connectivity index (χ3n) is 4.01. The molecule has 0 radical (unpaired) electrons. The van der Waals surface area contributed by atoms with E-state index in [2.05, 4.69) is 29.3 Å². The molecule has 1 heterocycles. The van der Waals surface area contributed by atoms with Crippen molar-refractivity contribution in [3.05, 3.63) is 58.6 Å². The van der Waals surface area contributed by atoms with Crippen LogP contribution in [-0.2, 0) is 15.1 Å². The summed E-state index contributed by atoms with van der Waals surface area (Å²) in [6, 6.07) is 14.4. The van der Waals surface area contributed by atoms with Gasteiger partial charge in [0, 0.05) is 5.02 Å². The van der Waals surface area contributed by atoms with Gasteiger partial charge in [0.2, 0.25) is 0 Å². The number of nitrogens with zero attached hydrogens (tertiary/aromatic N) is 1. The van der Waals surface area contributed by atoms with Crippen molar-refractivity contribution < 1.29 is 14.6 Å². The van der Waals surface area contributed by atoms with Crippen LogP contribution in [0.3, 0.4) is 0 Å². The lowest BCUT2D eigenvalue weighted by Crippen LogP contribution is -2.37. The predicted octanol–water partition coefficient (Wildman–Crippen LogP) is 3.62. The van der Waals surface area contributed by atoms with Gasteiger partial charge < -0.3 is 15.6 Å². The summed E-state index contributed by atoms with van der Waals surface area (Å²) in [5, 5.41) is 7.66. The molecule has 3 N–H and O–H groups in total.